The lowest BCUT2D eigenvalue weighted by Crippen LogP contribution is -2.37. The summed E-state index contributed by atoms with van der Waals surface area (Å²) < 4.78 is 10.5. The van der Waals surface area contributed by atoms with Crippen molar-refractivity contribution in [3.8, 4) is 11.5 Å². The van der Waals surface area contributed by atoms with E-state index in [1.54, 1.807) is 32.4 Å². The van der Waals surface area contributed by atoms with Crippen molar-refractivity contribution in [2.45, 2.75) is 13.1 Å². The number of hydrogen-bond acceptors (Lipinski definition) is 6. The van der Waals surface area contributed by atoms with E-state index in [4.69, 9.17) is 21.1 Å². The third-order valence-electron chi connectivity index (χ3n) is 4.21. The Morgan fingerprint density at radius 2 is 1.30 bits per heavy atom. The Morgan fingerprint density at radius 1 is 0.778 bits per heavy atom. The number of rotatable bonds is 8. The van der Waals surface area contributed by atoms with Crippen molar-refractivity contribution < 1.29 is 9.47 Å². The molecule has 0 heterocycles. The fourth-order valence-corrected chi connectivity index (χ4v) is 2.83. The fraction of sp³-hybridized carbons (Fsp3) is 0.200. The molecule has 0 aliphatic heterocycles. The van der Waals surface area contributed by atoms with Gasteiger partial charge < -0.3 is 20.1 Å². The third-order valence-corrected chi connectivity index (χ3v) is 4.46. The summed E-state index contributed by atoms with van der Waals surface area (Å²) in [6.45, 7) is 0.799. The molecule has 0 unspecified atom stereocenters. The van der Waals surface area contributed by atoms with Crippen LogP contribution in [0, 0.1) is 0 Å². The first-order valence-corrected chi connectivity index (χ1v) is 8.67. The second kappa shape index (κ2) is 8.14. The molecule has 0 aliphatic carbocycles. The second-order valence-corrected chi connectivity index (χ2v) is 6.37. The first kappa shape index (κ1) is 18.8. The molecule has 27 heavy (non-hydrogen) atoms. The summed E-state index contributed by atoms with van der Waals surface area (Å²) in [6.07, 6.45) is 0. The molecule has 0 saturated heterocycles. The van der Waals surface area contributed by atoms with Gasteiger partial charge in [0.05, 0.1) is 14.2 Å². The Balaban J connectivity index is 1.68. The summed E-state index contributed by atoms with van der Waals surface area (Å²) in [6, 6.07) is 12.7. The molecule has 0 aromatic heterocycles. The highest BCUT2D eigenvalue weighted by atomic mass is 35.5. The Bertz CT molecular complexity index is 1010. The standard InChI is InChI=1S/C20H19ClN2O4/c1-26-15-8-5-13(9-16(15)27-2)11-23-18-17(19(24)20(18)25)22-10-12-3-6-14(21)7-4-12/h3-9,22-23H,10-11H2,1-2H3. The zero-order valence-electron chi connectivity index (χ0n) is 15.0. The van der Waals surface area contributed by atoms with Crippen LogP contribution in [0.5, 0.6) is 11.5 Å². The van der Waals surface area contributed by atoms with Crippen molar-refractivity contribution in [3.63, 3.8) is 0 Å². The minimum Gasteiger partial charge on any atom is -0.493 e. The topological polar surface area (TPSA) is 76.7 Å². The van der Waals surface area contributed by atoms with Crippen molar-refractivity contribution in [3.05, 3.63) is 79.1 Å². The highest BCUT2D eigenvalue weighted by Crippen LogP contribution is 2.28. The molecule has 0 spiro atoms. The zero-order valence-corrected chi connectivity index (χ0v) is 15.7. The van der Waals surface area contributed by atoms with Crippen LogP contribution >= 0.6 is 11.6 Å². The molecule has 0 radical (unpaired) electrons. The quantitative estimate of drug-likeness (QED) is 0.579. The highest BCUT2D eigenvalue weighted by molar-refractivity contribution is 6.30. The molecule has 0 bridgehead atoms. The van der Waals surface area contributed by atoms with E-state index in [-0.39, 0.29) is 0 Å². The van der Waals surface area contributed by atoms with Gasteiger partial charge in [-0.2, -0.15) is 0 Å². The van der Waals surface area contributed by atoms with Crippen LogP contribution in [0.3, 0.4) is 0 Å². The van der Waals surface area contributed by atoms with Gasteiger partial charge in [-0.15, -0.1) is 0 Å². The van der Waals surface area contributed by atoms with Crippen LogP contribution < -0.4 is 31.0 Å². The smallest absolute Gasteiger partial charge is 0.253 e. The molecule has 0 atom stereocenters. The lowest BCUT2D eigenvalue weighted by Gasteiger charge is -2.16. The zero-order chi connectivity index (χ0) is 19.4. The number of halogens is 1. The predicted octanol–water partition coefficient (Wildman–Crippen LogP) is 3.18. The summed E-state index contributed by atoms with van der Waals surface area (Å²) in [5, 5.41) is 6.69. The molecule has 3 rings (SSSR count). The average Bonchev–Trinajstić information content (AvgIpc) is 2.70. The van der Waals surface area contributed by atoms with E-state index >= 15 is 0 Å². The van der Waals surface area contributed by atoms with E-state index < -0.39 is 10.9 Å². The molecule has 0 saturated carbocycles. The minimum absolute atomic E-state index is 0.295. The Hall–Kier alpha value is -2.99. The molecule has 0 aliphatic rings. The van der Waals surface area contributed by atoms with Crippen LogP contribution in [-0.2, 0) is 13.1 Å². The number of benzene rings is 2. The normalized spacial score (nSPS) is 10.6. The first-order chi connectivity index (χ1) is 13.0. The van der Waals surface area contributed by atoms with Crippen LogP contribution in [0.4, 0.5) is 11.4 Å². The van der Waals surface area contributed by atoms with Gasteiger partial charge >= 0.3 is 0 Å². The number of methoxy groups -OCH3 is 2. The lowest BCUT2D eigenvalue weighted by molar-refractivity contribution is 0.354. The number of hydrogen-bond donors (Lipinski definition) is 2. The maximum atomic E-state index is 11.9. The van der Waals surface area contributed by atoms with Gasteiger partial charge in [-0.05, 0) is 35.4 Å². The molecule has 6 nitrogen and oxygen atoms in total. The minimum atomic E-state index is -0.519. The van der Waals surface area contributed by atoms with E-state index in [0.29, 0.717) is 41.0 Å². The highest BCUT2D eigenvalue weighted by Gasteiger charge is 2.20. The Kier molecular flexibility index (Phi) is 5.66. The maximum Gasteiger partial charge on any atom is 0.253 e. The summed E-state index contributed by atoms with van der Waals surface area (Å²) in [7, 11) is 3.13. The maximum absolute atomic E-state index is 11.9. The molecule has 7 heteroatoms. The van der Waals surface area contributed by atoms with Crippen molar-refractivity contribution in [1.82, 2.24) is 0 Å². The van der Waals surface area contributed by atoms with Crippen LogP contribution in [0.25, 0.3) is 0 Å². The van der Waals surface area contributed by atoms with Gasteiger partial charge in [-0.1, -0.05) is 29.8 Å². The van der Waals surface area contributed by atoms with Gasteiger partial charge in [-0.25, -0.2) is 0 Å². The number of anilines is 2. The van der Waals surface area contributed by atoms with Crippen molar-refractivity contribution in [1.29, 1.82) is 0 Å². The summed E-state index contributed by atoms with van der Waals surface area (Å²) in [5.41, 5.74) is 1.41. The molecule has 0 fully saturated rings. The molecular weight excluding hydrogens is 368 g/mol. The number of ether oxygens (including phenoxy) is 2. The van der Waals surface area contributed by atoms with E-state index in [1.165, 1.54) is 0 Å². The van der Waals surface area contributed by atoms with E-state index in [0.717, 1.165) is 11.1 Å². The average molecular weight is 387 g/mol. The van der Waals surface area contributed by atoms with Crippen LogP contribution in [-0.4, -0.2) is 14.2 Å². The van der Waals surface area contributed by atoms with Gasteiger partial charge in [0.25, 0.3) is 10.9 Å². The van der Waals surface area contributed by atoms with Gasteiger partial charge in [0.1, 0.15) is 11.4 Å². The van der Waals surface area contributed by atoms with Gasteiger partial charge in [0.2, 0.25) is 0 Å². The molecule has 0 amide bonds. The van der Waals surface area contributed by atoms with Gasteiger partial charge in [-0.3, -0.25) is 9.59 Å². The molecule has 3 aromatic carbocycles. The largest absolute Gasteiger partial charge is 0.493 e. The van der Waals surface area contributed by atoms with Crippen molar-refractivity contribution in [2.75, 3.05) is 24.9 Å². The number of nitrogens with one attached hydrogen (secondary N) is 2. The fourth-order valence-electron chi connectivity index (χ4n) is 2.70. The Morgan fingerprint density at radius 3 is 1.85 bits per heavy atom. The van der Waals surface area contributed by atoms with E-state index in [1.807, 2.05) is 24.3 Å². The van der Waals surface area contributed by atoms with Crippen LogP contribution in [0.2, 0.25) is 5.02 Å². The third kappa shape index (κ3) is 4.06. The van der Waals surface area contributed by atoms with Crippen LogP contribution in [0.1, 0.15) is 11.1 Å². The van der Waals surface area contributed by atoms with Crippen molar-refractivity contribution in [2.24, 2.45) is 0 Å². The second-order valence-electron chi connectivity index (χ2n) is 5.93. The summed E-state index contributed by atoms with van der Waals surface area (Å²) in [5.74, 6) is 1.23. The molecule has 3 aromatic rings. The predicted molar refractivity (Wildman–Crippen MR) is 107 cm³/mol. The van der Waals surface area contributed by atoms with Gasteiger partial charge in [0, 0.05) is 18.1 Å². The van der Waals surface area contributed by atoms with Gasteiger partial charge in [0.15, 0.2) is 11.5 Å². The van der Waals surface area contributed by atoms with Crippen molar-refractivity contribution >= 4 is 23.0 Å². The molecular formula is C20H19ClN2O4. The summed E-state index contributed by atoms with van der Waals surface area (Å²) in [4.78, 5) is 23.8. The molecule has 2 N–H and O–H groups in total. The summed E-state index contributed by atoms with van der Waals surface area (Å²) >= 11 is 5.86. The van der Waals surface area contributed by atoms with Crippen LogP contribution in [0.15, 0.2) is 52.1 Å². The first-order valence-electron chi connectivity index (χ1n) is 8.30. The van der Waals surface area contributed by atoms with E-state index in [2.05, 4.69) is 10.6 Å². The molecule has 140 valence electrons. The lowest BCUT2D eigenvalue weighted by atomic mass is 10.1. The Labute approximate surface area is 161 Å². The van der Waals surface area contributed by atoms with E-state index in [9.17, 15) is 9.59 Å². The monoisotopic (exact) mass is 386 g/mol. The SMILES string of the molecule is COc1ccc(CNc2c(NCc3ccc(Cl)cc3)c(=O)c2=O)cc1OC.